The first-order valence-corrected chi connectivity index (χ1v) is 12.8. The van der Waals surface area contributed by atoms with Crippen LogP contribution in [0, 0.1) is 34.3 Å². The number of H-pyrrole nitrogens is 4. The molecule has 0 radical (unpaired) electrons. The van der Waals surface area contributed by atoms with E-state index in [0.717, 1.165) is 17.6 Å². The number of nitrogens with one attached hydrogen (secondary N) is 5. The fraction of sp³-hybridized carbons (Fsp3) is 0. The van der Waals surface area contributed by atoms with Gasteiger partial charge in [0.05, 0.1) is 44.6 Å². The summed E-state index contributed by atoms with van der Waals surface area (Å²) in [6.45, 7) is 0. The number of anilines is 3. The number of imidazole rings is 2. The van der Waals surface area contributed by atoms with E-state index in [0.29, 0.717) is 27.9 Å². The standard InChI is InChI=1S/C13H7ClFN5O.C7H7N3O.C6HCl2FN2/c14-11-6(5-16)4-7(15)12(20-11)17-8-2-1-3-9-10(8)19-13(21)18-9;8-4-2-1-3-5-6(4)10-7(11)9-5;7-5-3(2-10)1-4(9)6(8)11-5/h1-4H,(H,17,20)(H2,18,19,21);1-3H,8H2,(H2,9,10,11);1H. The van der Waals surface area contributed by atoms with Crippen LogP contribution in [0.2, 0.25) is 15.5 Å². The molecule has 0 aliphatic rings. The van der Waals surface area contributed by atoms with Crippen LogP contribution in [0.3, 0.4) is 0 Å². The number of aromatic nitrogens is 6. The van der Waals surface area contributed by atoms with Crippen LogP contribution in [0.4, 0.5) is 26.0 Å². The largest absolute Gasteiger partial charge is 0.397 e. The zero-order chi connectivity index (χ0) is 31.3. The number of pyridine rings is 2. The van der Waals surface area contributed by atoms with Crippen molar-refractivity contribution in [3.63, 3.8) is 0 Å². The summed E-state index contributed by atoms with van der Waals surface area (Å²) in [4.78, 5) is 39.7. The monoisotopic (exact) mass is 642 g/mol. The van der Waals surface area contributed by atoms with Crippen molar-refractivity contribution < 1.29 is 8.78 Å². The van der Waals surface area contributed by atoms with Crippen molar-refractivity contribution in [3.8, 4) is 12.1 Å². The number of hydrogen-bond acceptors (Lipinski definition) is 8. The molecule has 4 aromatic heterocycles. The van der Waals surface area contributed by atoms with Crippen molar-refractivity contribution in [1.82, 2.24) is 29.9 Å². The molecular formula is C26H15Cl3F2N10O2. The van der Waals surface area contributed by atoms with Crippen molar-refractivity contribution >= 4 is 74.1 Å². The second-order valence-electron chi connectivity index (χ2n) is 8.26. The number of nitrogens with zero attached hydrogens (tertiary/aromatic N) is 4. The Morgan fingerprint density at radius 1 is 0.744 bits per heavy atom. The molecular weight excluding hydrogens is 629 g/mol. The van der Waals surface area contributed by atoms with Crippen molar-refractivity contribution in [2.24, 2.45) is 0 Å². The molecule has 6 rings (SSSR count). The number of nitrogen functional groups attached to an aromatic ring is 1. The van der Waals surface area contributed by atoms with Crippen LogP contribution in [0.25, 0.3) is 22.1 Å². The van der Waals surface area contributed by atoms with Gasteiger partial charge in [0, 0.05) is 0 Å². The number of benzene rings is 2. The molecule has 4 heterocycles. The molecule has 0 atom stereocenters. The average Bonchev–Trinajstić information content (AvgIpc) is 3.55. The van der Waals surface area contributed by atoms with Gasteiger partial charge in [-0.3, -0.25) is 0 Å². The summed E-state index contributed by atoms with van der Waals surface area (Å²) in [5.74, 6) is -1.59. The van der Waals surface area contributed by atoms with E-state index in [2.05, 4.69) is 35.2 Å². The van der Waals surface area contributed by atoms with Crippen LogP contribution in [-0.4, -0.2) is 29.9 Å². The summed E-state index contributed by atoms with van der Waals surface area (Å²) >= 11 is 16.5. The highest BCUT2D eigenvalue weighted by molar-refractivity contribution is 6.33. The number of para-hydroxylation sites is 2. The maximum Gasteiger partial charge on any atom is 0.323 e. The quantitative estimate of drug-likeness (QED) is 0.105. The minimum Gasteiger partial charge on any atom is -0.397 e. The second kappa shape index (κ2) is 13.1. The minimum atomic E-state index is -0.743. The van der Waals surface area contributed by atoms with Gasteiger partial charge in [-0.2, -0.15) is 10.5 Å². The summed E-state index contributed by atoms with van der Waals surface area (Å²) in [6.07, 6.45) is 0. The molecule has 0 amide bonds. The van der Waals surface area contributed by atoms with Crippen LogP contribution < -0.4 is 22.4 Å². The molecule has 216 valence electrons. The molecule has 43 heavy (non-hydrogen) atoms. The van der Waals surface area contributed by atoms with Crippen molar-refractivity contribution in [3.05, 3.63) is 108 Å². The second-order valence-corrected chi connectivity index (χ2v) is 9.34. The van der Waals surface area contributed by atoms with Gasteiger partial charge in [-0.15, -0.1) is 0 Å². The van der Waals surface area contributed by atoms with E-state index >= 15 is 0 Å². The van der Waals surface area contributed by atoms with E-state index < -0.39 is 11.6 Å². The Hall–Kier alpha value is -5.41. The topological polar surface area (TPSA) is 209 Å². The van der Waals surface area contributed by atoms with Gasteiger partial charge in [0.1, 0.15) is 22.4 Å². The fourth-order valence-electron chi connectivity index (χ4n) is 3.53. The Morgan fingerprint density at radius 2 is 1.28 bits per heavy atom. The van der Waals surface area contributed by atoms with Gasteiger partial charge in [-0.25, -0.2) is 28.3 Å². The van der Waals surface area contributed by atoms with Crippen LogP contribution >= 0.6 is 34.8 Å². The van der Waals surface area contributed by atoms with Gasteiger partial charge in [-0.05, 0) is 36.4 Å². The first-order valence-electron chi connectivity index (χ1n) is 11.6. The zero-order valence-corrected chi connectivity index (χ0v) is 23.5. The molecule has 0 spiro atoms. The van der Waals surface area contributed by atoms with Gasteiger partial charge in [0.25, 0.3) is 0 Å². The molecule has 0 aliphatic carbocycles. The molecule has 0 fully saturated rings. The minimum absolute atomic E-state index is 0.0198. The van der Waals surface area contributed by atoms with E-state index in [4.69, 9.17) is 51.1 Å². The van der Waals surface area contributed by atoms with Crippen LogP contribution in [0.1, 0.15) is 11.1 Å². The first kappa shape index (κ1) is 30.5. The Morgan fingerprint density at radius 3 is 1.88 bits per heavy atom. The highest BCUT2D eigenvalue weighted by Gasteiger charge is 2.13. The Balaban J connectivity index is 0.000000162. The molecule has 0 aliphatic heterocycles. The third kappa shape index (κ3) is 7.09. The lowest BCUT2D eigenvalue weighted by Crippen LogP contribution is -2.01. The number of halogens is 5. The van der Waals surface area contributed by atoms with E-state index in [-0.39, 0.29) is 43.8 Å². The highest BCUT2D eigenvalue weighted by atomic mass is 35.5. The highest BCUT2D eigenvalue weighted by Crippen LogP contribution is 2.26. The van der Waals surface area contributed by atoms with Gasteiger partial charge in [0.15, 0.2) is 22.6 Å². The van der Waals surface area contributed by atoms with Crippen molar-refractivity contribution in [1.29, 1.82) is 10.5 Å². The molecule has 17 heteroatoms. The smallest absolute Gasteiger partial charge is 0.323 e. The predicted octanol–water partition coefficient (Wildman–Crippen LogP) is 5.50. The third-order valence-electron chi connectivity index (χ3n) is 5.44. The van der Waals surface area contributed by atoms with Crippen LogP contribution in [-0.2, 0) is 0 Å². The number of aromatic amines is 4. The van der Waals surface area contributed by atoms with Crippen LogP contribution in [0.15, 0.2) is 58.1 Å². The lowest BCUT2D eigenvalue weighted by atomic mass is 10.2. The first-order chi connectivity index (χ1) is 20.5. The lowest BCUT2D eigenvalue weighted by molar-refractivity contribution is 0.621. The molecule has 0 saturated heterocycles. The number of nitriles is 2. The van der Waals surface area contributed by atoms with Gasteiger partial charge < -0.3 is 31.0 Å². The van der Waals surface area contributed by atoms with Gasteiger partial charge in [-0.1, -0.05) is 46.9 Å². The SMILES string of the molecule is N#Cc1cc(F)c(Cl)nc1Cl.N#Cc1cc(F)c(Nc2cccc3[nH]c(=O)[nH]c23)nc1Cl.Nc1cccc2[nH]c(=O)[nH]c12. The maximum atomic E-state index is 13.9. The van der Waals surface area contributed by atoms with Gasteiger partial charge in [0.2, 0.25) is 0 Å². The predicted molar refractivity (Wildman–Crippen MR) is 158 cm³/mol. The molecule has 0 saturated carbocycles. The third-order valence-corrected chi connectivity index (χ3v) is 6.29. The molecule has 6 aromatic rings. The summed E-state index contributed by atoms with van der Waals surface area (Å²) in [7, 11) is 0. The van der Waals surface area contributed by atoms with E-state index in [1.54, 1.807) is 48.5 Å². The molecule has 12 nitrogen and oxygen atoms in total. The summed E-state index contributed by atoms with van der Waals surface area (Å²) in [6, 6.07) is 15.7. The zero-order valence-electron chi connectivity index (χ0n) is 21.2. The lowest BCUT2D eigenvalue weighted by Gasteiger charge is -2.08. The molecule has 0 bridgehead atoms. The Bertz CT molecular complexity index is 2180. The van der Waals surface area contributed by atoms with Crippen molar-refractivity contribution in [2.75, 3.05) is 11.1 Å². The number of nitrogens with two attached hydrogens (primary N) is 1. The van der Waals surface area contributed by atoms with Gasteiger partial charge >= 0.3 is 11.4 Å². The summed E-state index contributed by atoms with van der Waals surface area (Å²) < 4.78 is 26.4. The number of fused-ring (bicyclic) bond motifs is 2. The van der Waals surface area contributed by atoms with E-state index in [1.807, 2.05) is 0 Å². The summed E-state index contributed by atoms with van der Waals surface area (Å²) in [5.41, 5.74) is 8.45. The molecule has 2 aromatic carbocycles. The Kier molecular flexibility index (Phi) is 9.27. The van der Waals surface area contributed by atoms with E-state index in [1.165, 1.54) is 0 Å². The Labute approximate surface area is 253 Å². The average molecular weight is 644 g/mol. The van der Waals surface area contributed by atoms with E-state index in [9.17, 15) is 18.4 Å². The van der Waals surface area contributed by atoms with Crippen molar-refractivity contribution in [2.45, 2.75) is 0 Å². The fourth-order valence-corrected chi connectivity index (χ4v) is 4.07. The van der Waals surface area contributed by atoms with Crippen LogP contribution in [0.5, 0.6) is 0 Å². The maximum absolute atomic E-state index is 13.9. The summed E-state index contributed by atoms with van der Waals surface area (Å²) in [5, 5.41) is 19.4. The molecule has 0 unspecified atom stereocenters. The normalized spacial score (nSPS) is 10.2. The molecule has 7 N–H and O–H groups in total. The number of rotatable bonds is 2. The number of hydrogen-bond donors (Lipinski definition) is 6.